The molecule has 0 saturated carbocycles. The molecule has 0 fully saturated rings. The van der Waals surface area contributed by atoms with E-state index in [2.05, 4.69) is 10.6 Å². The van der Waals surface area contributed by atoms with Crippen molar-refractivity contribution in [1.29, 1.82) is 0 Å². The Hall–Kier alpha value is -0.720. The van der Waals surface area contributed by atoms with Crippen molar-refractivity contribution in [2.75, 3.05) is 39.3 Å². The van der Waals surface area contributed by atoms with Gasteiger partial charge in [0.15, 0.2) is 0 Å². The average Bonchev–Trinajstić information content (AvgIpc) is 2.32. The van der Waals surface area contributed by atoms with Crippen molar-refractivity contribution in [3.8, 4) is 0 Å². The lowest BCUT2D eigenvalue weighted by Gasteiger charge is -2.14. The molecule has 0 aromatic rings. The van der Waals surface area contributed by atoms with Crippen molar-refractivity contribution in [3.05, 3.63) is 4.91 Å². The first-order chi connectivity index (χ1) is 7.85. The molecule has 0 amide bonds. The largest absolute Gasteiger partial charge is 0.330 e. The Morgan fingerprint density at radius 3 is 2.19 bits per heavy atom. The highest BCUT2D eigenvalue weighted by Crippen LogP contribution is 1.96. The molecular formula is C10H25N5O. The molecule has 0 atom stereocenters. The van der Waals surface area contributed by atoms with Crippen molar-refractivity contribution in [1.82, 2.24) is 10.3 Å². The summed E-state index contributed by atoms with van der Waals surface area (Å²) >= 11 is 0. The fourth-order valence-corrected chi connectivity index (χ4v) is 1.36. The van der Waals surface area contributed by atoms with Crippen molar-refractivity contribution in [3.63, 3.8) is 0 Å². The van der Waals surface area contributed by atoms with Crippen LogP contribution in [0.15, 0.2) is 5.29 Å². The average molecular weight is 231 g/mol. The summed E-state index contributed by atoms with van der Waals surface area (Å²) in [5, 5.41) is 7.81. The van der Waals surface area contributed by atoms with Gasteiger partial charge in [-0.1, -0.05) is 0 Å². The van der Waals surface area contributed by atoms with Gasteiger partial charge in [-0.15, -0.1) is 4.91 Å². The third kappa shape index (κ3) is 9.82. The van der Waals surface area contributed by atoms with Crippen molar-refractivity contribution in [2.24, 2.45) is 16.8 Å². The second kappa shape index (κ2) is 12.4. The predicted molar refractivity (Wildman–Crippen MR) is 66.8 cm³/mol. The van der Waals surface area contributed by atoms with Crippen molar-refractivity contribution < 1.29 is 0 Å². The zero-order chi connectivity index (χ0) is 12.1. The van der Waals surface area contributed by atoms with Gasteiger partial charge < -0.3 is 16.8 Å². The fourth-order valence-electron chi connectivity index (χ4n) is 1.36. The number of unbranched alkanes of at least 4 members (excludes halogenated alkanes) is 1. The molecule has 6 nitrogen and oxygen atoms in total. The lowest BCUT2D eigenvalue weighted by molar-refractivity contribution is 0.275. The smallest absolute Gasteiger partial charge is 0.0523 e. The first-order valence-corrected chi connectivity index (χ1v) is 6.04. The topological polar surface area (TPSA) is 96.7 Å². The molecule has 0 unspecified atom stereocenters. The summed E-state index contributed by atoms with van der Waals surface area (Å²) in [4.78, 5) is 10.4. The maximum absolute atomic E-state index is 10.4. The minimum absolute atomic E-state index is 0.604. The van der Waals surface area contributed by atoms with Crippen LogP contribution in [-0.2, 0) is 0 Å². The fraction of sp³-hybridized carbons (Fsp3) is 1.00. The quantitative estimate of drug-likeness (QED) is 0.250. The van der Waals surface area contributed by atoms with Crippen LogP contribution in [0.3, 0.4) is 0 Å². The summed E-state index contributed by atoms with van der Waals surface area (Å²) in [5.74, 6) is 0. The minimum atomic E-state index is 0.604. The molecule has 0 radical (unpaired) electrons. The number of nitroso groups, excluding NO2 is 1. The van der Waals surface area contributed by atoms with E-state index in [-0.39, 0.29) is 0 Å². The number of hydrogen-bond acceptors (Lipinski definition) is 5. The van der Waals surface area contributed by atoms with E-state index in [4.69, 9.17) is 11.5 Å². The van der Waals surface area contributed by atoms with Gasteiger partial charge in [-0.05, 0) is 51.9 Å². The molecule has 0 bridgehead atoms. The third-order valence-electron chi connectivity index (χ3n) is 2.31. The Morgan fingerprint density at radius 1 is 0.938 bits per heavy atom. The maximum Gasteiger partial charge on any atom is 0.0523 e. The lowest BCUT2D eigenvalue weighted by atomic mass is 10.3. The van der Waals surface area contributed by atoms with Crippen LogP contribution in [-0.4, -0.2) is 44.3 Å². The Morgan fingerprint density at radius 2 is 1.56 bits per heavy atom. The standard InChI is InChI=1S/C10H25N5O/c11-5-3-8-13-7-1-2-9-15(14-16)10-4-6-12/h13H,1-12H2. The monoisotopic (exact) mass is 231 g/mol. The van der Waals surface area contributed by atoms with Gasteiger partial charge in [0.25, 0.3) is 0 Å². The second-order valence-corrected chi connectivity index (χ2v) is 3.78. The Labute approximate surface area is 97.7 Å². The van der Waals surface area contributed by atoms with Gasteiger partial charge >= 0.3 is 0 Å². The van der Waals surface area contributed by atoms with E-state index in [0.29, 0.717) is 13.1 Å². The molecular weight excluding hydrogens is 206 g/mol. The zero-order valence-electron chi connectivity index (χ0n) is 10.0. The molecule has 0 aliphatic carbocycles. The normalized spacial score (nSPS) is 10.4. The molecule has 0 aliphatic heterocycles. The summed E-state index contributed by atoms with van der Waals surface area (Å²) in [6.07, 6.45) is 3.87. The van der Waals surface area contributed by atoms with Gasteiger partial charge in [0.05, 0.1) is 5.29 Å². The maximum atomic E-state index is 10.4. The van der Waals surface area contributed by atoms with Crippen LogP contribution in [0.25, 0.3) is 0 Å². The molecule has 0 aromatic carbocycles. The molecule has 96 valence electrons. The van der Waals surface area contributed by atoms with Gasteiger partial charge in [0, 0.05) is 13.1 Å². The summed E-state index contributed by atoms with van der Waals surface area (Å²) < 4.78 is 0. The van der Waals surface area contributed by atoms with Crippen LogP contribution in [0.4, 0.5) is 0 Å². The van der Waals surface area contributed by atoms with Gasteiger partial charge in [-0.3, -0.25) is 5.01 Å². The molecule has 5 N–H and O–H groups in total. The predicted octanol–water partition coefficient (Wildman–Crippen LogP) is 0.0372. The van der Waals surface area contributed by atoms with Crippen LogP contribution in [0.5, 0.6) is 0 Å². The third-order valence-corrected chi connectivity index (χ3v) is 2.31. The molecule has 16 heavy (non-hydrogen) atoms. The molecule has 0 heterocycles. The molecule has 0 aliphatic rings. The van der Waals surface area contributed by atoms with Crippen LogP contribution in [0.1, 0.15) is 25.7 Å². The number of hydrogen-bond donors (Lipinski definition) is 3. The van der Waals surface area contributed by atoms with Crippen LogP contribution < -0.4 is 16.8 Å². The molecule has 0 aromatic heterocycles. The lowest BCUT2D eigenvalue weighted by Crippen LogP contribution is -2.23. The number of nitrogens with one attached hydrogen (secondary N) is 1. The van der Waals surface area contributed by atoms with E-state index in [1.807, 2.05) is 0 Å². The van der Waals surface area contributed by atoms with E-state index in [1.165, 1.54) is 0 Å². The van der Waals surface area contributed by atoms with Gasteiger partial charge in [0.1, 0.15) is 0 Å². The summed E-state index contributed by atoms with van der Waals surface area (Å²) in [6.45, 7) is 4.67. The van der Waals surface area contributed by atoms with Gasteiger partial charge in [0.2, 0.25) is 0 Å². The number of rotatable bonds is 12. The Kier molecular flexibility index (Phi) is 11.8. The number of nitrogens with two attached hydrogens (primary N) is 2. The first kappa shape index (κ1) is 15.3. The van der Waals surface area contributed by atoms with E-state index in [0.717, 1.165) is 51.9 Å². The minimum Gasteiger partial charge on any atom is -0.330 e. The Bertz CT molecular complexity index is 156. The highest BCUT2D eigenvalue weighted by molar-refractivity contribution is 4.55. The highest BCUT2D eigenvalue weighted by atomic mass is 16.3. The molecule has 0 rings (SSSR count). The summed E-state index contributed by atoms with van der Waals surface area (Å²) in [6, 6.07) is 0. The van der Waals surface area contributed by atoms with Crippen molar-refractivity contribution >= 4 is 0 Å². The number of nitrogens with zero attached hydrogens (tertiary/aromatic N) is 2. The first-order valence-electron chi connectivity index (χ1n) is 6.04. The van der Waals surface area contributed by atoms with E-state index >= 15 is 0 Å². The van der Waals surface area contributed by atoms with E-state index in [9.17, 15) is 4.91 Å². The van der Waals surface area contributed by atoms with Crippen LogP contribution in [0, 0.1) is 4.91 Å². The Balaban J connectivity index is 3.24. The summed E-state index contributed by atoms with van der Waals surface area (Å²) in [7, 11) is 0. The summed E-state index contributed by atoms with van der Waals surface area (Å²) in [5.41, 5.74) is 10.7. The molecule has 0 spiro atoms. The van der Waals surface area contributed by atoms with Crippen LogP contribution >= 0.6 is 0 Å². The van der Waals surface area contributed by atoms with E-state index < -0.39 is 0 Å². The zero-order valence-corrected chi connectivity index (χ0v) is 10.0. The van der Waals surface area contributed by atoms with E-state index in [1.54, 1.807) is 5.01 Å². The highest BCUT2D eigenvalue weighted by Gasteiger charge is 2.00. The van der Waals surface area contributed by atoms with Gasteiger partial charge in [-0.2, -0.15) is 0 Å². The molecule has 6 heteroatoms. The SMILES string of the molecule is NCCCNCCCCN(CCCN)N=O. The second-order valence-electron chi connectivity index (χ2n) is 3.78. The van der Waals surface area contributed by atoms with Gasteiger partial charge in [-0.25, -0.2) is 0 Å². The van der Waals surface area contributed by atoms with Crippen LogP contribution in [0.2, 0.25) is 0 Å². The molecule has 0 saturated heterocycles. The van der Waals surface area contributed by atoms with Crippen molar-refractivity contribution in [2.45, 2.75) is 25.7 Å².